The largest absolute Gasteiger partial charge is 0.497 e. The number of ketones is 1. The number of ether oxygens (including phenoxy) is 1. The molecule has 5 rings (SSSR count). The minimum absolute atomic E-state index is 0.0191. The van der Waals surface area contributed by atoms with E-state index in [0.717, 1.165) is 17.9 Å². The van der Waals surface area contributed by atoms with E-state index in [1.165, 1.54) is 18.9 Å². The van der Waals surface area contributed by atoms with Gasteiger partial charge in [0.05, 0.1) is 62.8 Å². The van der Waals surface area contributed by atoms with E-state index < -0.39 is 212 Å². The maximum Gasteiger partial charge on any atom is 0.268 e. The number of primary amides is 1. The van der Waals surface area contributed by atoms with Crippen LogP contribution in [0.3, 0.4) is 0 Å². The highest BCUT2D eigenvalue weighted by atomic mass is 16.5. The van der Waals surface area contributed by atoms with Crippen LogP contribution in [0.15, 0.2) is 36.0 Å². The molecule has 518 valence electrons. The monoisotopic (exact) mass is 1310 g/mol. The molecule has 16 atom stereocenters. The molecule has 4 fully saturated rings. The van der Waals surface area contributed by atoms with Crippen LogP contribution in [0.4, 0.5) is 0 Å². The van der Waals surface area contributed by atoms with E-state index in [0.29, 0.717) is 24.2 Å². The van der Waals surface area contributed by atoms with Gasteiger partial charge < -0.3 is 93.4 Å². The lowest BCUT2D eigenvalue weighted by atomic mass is 9.94. The Morgan fingerprint density at radius 3 is 1.84 bits per heavy atom. The number of Topliss-reactive ketones (excluding diaryl/α,β-unsaturated/α-hetero) is 1. The van der Waals surface area contributed by atoms with E-state index in [-0.39, 0.29) is 70.4 Å². The SMILES string of the molecule is CC=C1NC(=O)[C@H](CO)NC(=O)[C@@H]([C@@H](C)CC)NC(=O)[C@@H]2CCCN2C(=O)[C@@H]2CC[C@@H](N2)C(=O)CNC(=O)[C@@H](CCC(N)=O)NC(=O)[C@@H](O)[C@@H](C[C@H](O)C[C@H](O)[C@H](O)CC(C)C)NC(=O)[C@@H]2CCCN2C(=O)[C@@H](CCc2ccc(OC)cc2)NC(=O)C([C@@H](C)O)NC1=O. The third-order valence-corrected chi connectivity index (χ3v) is 17.4. The first-order chi connectivity index (χ1) is 44.0. The van der Waals surface area contributed by atoms with Crippen molar-refractivity contribution in [3.8, 4) is 5.75 Å². The third kappa shape index (κ3) is 21.7. The second-order valence-corrected chi connectivity index (χ2v) is 24.9. The minimum Gasteiger partial charge on any atom is -0.497 e. The van der Waals surface area contributed by atoms with Crippen molar-refractivity contribution in [2.75, 3.05) is 33.4 Å². The van der Waals surface area contributed by atoms with Crippen LogP contribution in [0.25, 0.3) is 0 Å². The molecule has 1 aromatic carbocycles. The number of rotatable bonds is 18. The Morgan fingerprint density at radius 1 is 0.677 bits per heavy atom. The van der Waals surface area contributed by atoms with Crippen LogP contribution in [-0.2, 0) is 64.0 Å². The van der Waals surface area contributed by atoms with E-state index in [1.807, 2.05) is 0 Å². The molecule has 4 saturated heterocycles. The van der Waals surface area contributed by atoms with Gasteiger partial charge in [0.2, 0.25) is 53.2 Å². The Morgan fingerprint density at radius 2 is 1.26 bits per heavy atom. The van der Waals surface area contributed by atoms with E-state index in [1.54, 1.807) is 52.0 Å². The molecule has 17 N–H and O–H groups in total. The number of fused-ring (bicyclic) bond motifs is 4. The molecule has 11 amide bonds. The first-order valence-electron chi connectivity index (χ1n) is 31.9. The van der Waals surface area contributed by atoms with Gasteiger partial charge in [0, 0.05) is 25.9 Å². The molecular formula is C62H96N12O19. The number of aliphatic hydroxyl groups excluding tert-OH is 6. The van der Waals surface area contributed by atoms with Gasteiger partial charge in [-0.25, -0.2) is 0 Å². The summed E-state index contributed by atoms with van der Waals surface area (Å²) in [5.74, 6) is -11.3. The van der Waals surface area contributed by atoms with Gasteiger partial charge in [-0.2, -0.15) is 0 Å². The maximum absolute atomic E-state index is 15.0. The Bertz CT molecular complexity index is 2840. The number of aryl methyl sites for hydroxylation is 1. The molecule has 0 saturated carbocycles. The first-order valence-corrected chi connectivity index (χ1v) is 31.9. The normalized spacial score (nSPS) is 28.8. The number of hydrogen-bond donors (Lipinski definition) is 16. The van der Waals surface area contributed by atoms with E-state index in [2.05, 4.69) is 47.9 Å². The number of allylic oxidation sites excluding steroid dienone is 1. The molecular weight excluding hydrogens is 1220 g/mol. The zero-order valence-corrected chi connectivity index (χ0v) is 53.9. The van der Waals surface area contributed by atoms with Crippen molar-refractivity contribution >= 4 is 70.8 Å². The zero-order valence-electron chi connectivity index (χ0n) is 53.9. The summed E-state index contributed by atoms with van der Waals surface area (Å²) in [5, 5.41) is 89.0. The Balaban J connectivity index is 1.53. The van der Waals surface area contributed by atoms with Gasteiger partial charge in [-0.1, -0.05) is 52.3 Å². The fraction of sp³-hybridized carbons (Fsp3) is 0.677. The van der Waals surface area contributed by atoms with E-state index in [4.69, 9.17) is 10.5 Å². The number of aliphatic hydroxyl groups is 6. The van der Waals surface area contributed by atoms with Crippen LogP contribution < -0.4 is 58.3 Å². The Labute approximate surface area is 540 Å². The summed E-state index contributed by atoms with van der Waals surface area (Å²) >= 11 is 0. The molecule has 4 aliphatic heterocycles. The number of hydrogen-bond acceptors (Lipinski definition) is 20. The molecule has 93 heavy (non-hydrogen) atoms. The van der Waals surface area contributed by atoms with Crippen molar-refractivity contribution in [2.24, 2.45) is 17.6 Å². The van der Waals surface area contributed by atoms with Gasteiger partial charge in [-0.15, -0.1) is 0 Å². The molecule has 1 unspecified atom stereocenters. The lowest BCUT2D eigenvalue weighted by molar-refractivity contribution is -0.143. The van der Waals surface area contributed by atoms with Crippen molar-refractivity contribution in [3.05, 3.63) is 41.6 Å². The lowest BCUT2D eigenvalue weighted by Crippen LogP contribution is -2.61. The van der Waals surface area contributed by atoms with Crippen molar-refractivity contribution in [1.82, 2.24) is 57.7 Å². The Hall–Kier alpha value is -7.68. The average molecular weight is 1310 g/mol. The molecule has 4 heterocycles. The molecule has 0 aromatic heterocycles. The number of nitrogens with two attached hydrogens (primary N) is 1. The summed E-state index contributed by atoms with van der Waals surface area (Å²) < 4.78 is 5.28. The van der Waals surface area contributed by atoms with Crippen LogP contribution in [0, 0.1) is 11.8 Å². The number of carbonyl (C=O) groups excluding carboxylic acids is 12. The van der Waals surface area contributed by atoms with Crippen LogP contribution >= 0.6 is 0 Å². The second-order valence-electron chi connectivity index (χ2n) is 24.9. The van der Waals surface area contributed by atoms with E-state index >= 15 is 0 Å². The summed E-state index contributed by atoms with van der Waals surface area (Å²) in [4.78, 5) is 170. The molecule has 0 radical (unpaired) electrons. The first kappa shape index (κ1) is 76.0. The van der Waals surface area contributed by atoms with Gasteiger partial charge in [0.1, 0.15) is 53.7 Å². The summed E-state index contributed by atoms with van der Waals surface area (Å²) in [6, 6.07) is -7.53. The molecule has 4 aliphatic rings. The number of amides is 11. The predicted octanol–water partition coefficient (Wildman–Crippen LogP) is -4.69. The van der Waals surface area contributed by atoms with Gasteiger partial charge in [-0.05, 0) is 114 Å². The second kappa shape index (κ2) is 36.1. The Kier molecular flexibility index (Phi) is 29.5. The maximum atomic E-state index is 15.0. The van der Waals surface area contributed by atoms with Gasteiger partial charge in [0.25, 0.3) is 11.8 Å². The molecule has 31 nitrogen and oxygen atoms in total. The number of carbonyl (C=O) groups is 12. The highest BCUT2D eigenvalue weighted by Crippen LogP contribution is 2.26. The highest BCUT2D eigenvalue weighted by Gasteiger charge is 2.45. The molecule has 0 spiro atoms. The van der Waals surface area contributed by atoms with Crippen molar-refractivity contribution in [1.29, 1.82) is 0 Å². The third-order valence-electron chi connectivity index (χ3n) is 17.4. The molecule has 1 aromatic rings. The number of benzene rings is 1. The quantitative estimate of drug-likeness (QED) is 0.0614. The lowest BCUT2D eigenvalue weighted by Gasteiger charge is -2.33. The smallest absolute Gasteiger partial charge is 0.268 e. The van der Waals surface area contributed by atoms with Gasteiger partial charge in [0.15, 0.2) is 11.9 Å². The van der Waals surface area contributed by atoms with Crippen LogP contribution in [0.1, 0.15) is 131 Å². The van der Waals surface area contributed by atoms with Crippen molar-refractivity contribution in [2.45, 2.75) is 222 Å². The highest BCUT2D eigenvalue weighted by molar-refractivity contribution is 6.03. The number of nitrogens with zero attached hydrogens (tertiary/aromatic N) is 2. The topological polar surface area (TPSA) is 476 Å². The summed E-state index contributed by atoms with van der Waals surface area (Å²) in [6.45, 7) is 7.85. The summed E-state index contributed by atoms with van der Waals surface area (Å²) in [6.07, 6.45) is -8.07. The molecule has 0 aliphatic carbocycles. The number of nitrogens with one attached hydrogen (secondary N) is 9. The van der Waals surface area contributed by atoms with Gasteiger partial charge in [-0.3, -0.25) is 62.9 Å². The van der Waals surface area contributed by atoms with Crippen LogP contribution in [0.5, 0.6) is 5.75 Å². The fourth-order valence-corrected chi connectivity index (χ4v) is 11.8. The standard InChI is InChI=1S/C62H96N12O19/c1-8-32(5)50-58(88)70-43(30-75)55(85)66-37(9-2)54(84)72-51(33(6)76)59(89)68-41(19-16-34-14-17-36(93-7)18-15-34)62(92)73-24-10-12-44(73)56(86)69-42(27-35(77)28-47(79)46(78)26-31(3)4)52(82)60(90)67-39(22-23-49(63)81)53(83)64-29-48(80)38-20-21-40(65-38)61(91)74-25-11-13-45(74)57(87)71-50/h9,14-15,17-18,31-33,35,38-47,50-52,65,75-79,82H,8,10-13,16,19-30H2,1-7H3,(H2,63,81)(H,64,83)(H,66,85)(H,67,90)(H,68,89)(H,69,86)(H,70,88)(H,71,87)(H,72,84)/t32-,33+,35-,38+,39+,40-,41+,42+,43-,44-,45-,46+,47-,50+,51?,52-/m0/s1. The van der Waals surface area contributed by atoms with Crippen molar-refractivity contribution < 1.29 is 92.9 Å². The molecule has 31 heteroatoms. The summed E-state index contributed by atoms with van der Waals surface area (Å²) in [5.41, 5.74) is 5.59. The summed E-state index contributed by atoms with van der Waals surface area (Å²) in [7, 11) is 1.47. The van der Waals surface area contributed by atoms with Crippen molar-refractivity contribution in [3.63, 3.8) is 0 Å². The van der Waals surface area contributed by atoms with E-state index in [9.17, 15) is 88.2 Å². The van der Waals surface area contributed by atoms with Gasteiger partial charge >= 0.3 is 0 Å². The number of methoxy groups -OCH3 is 1. The van der Waals surface area contributed by atoms with Crippen LogP contribution in [0.2, 0.25) is 0 Å². The zero-order chi connectivity index (χ0) is 69.0. The van der Waals surface area contributed by atoms with Crippen LogP contribution in [-0.4, -0.2) is 235 Å². The molecule has 2 bridgehead atoms. The minimum atomic E-state index is -2.33. The average Bonchev–Trinajstić information content (AvgIpc) is 1.77. The predicted molar refractivity (Wildman–Crippen MR) is 332 cm³/mol. The fourth-order valence-electron chi connectivity index (χ4n) is 11.8.